The molecule has 0 aliphatic rings. The van der Waals surface area contributed by atoms with Crippen LogP contribution in [0.2, 0.25) is 0 Å². The van der Waals surface area contributed by atoms with E-state index in [1.807, 2.05) is 69.3 Å². The van der Waals surface area contributed by atoms with E-state index in [2.05, 4.69) is 10.6 Å². The summed E-state index contributed by atoms with van der Waals surface area (Å²) in [5, 5.41) is 5.95. The van der Waals surface area contributed by atoms with E-state index in [1.165, 1.54) is 0 Å². The van der Waals surface area contributed by atoms with Gasteiger partial charge in [0.2, 0.25) is 0 Å². The van der Waals surface area contributed by atoms with Crippen LogP contribution in [0.3, 0.4) is 0 Å². The Morgan fingerprint density at radius 3 is 1.80 bits per heavy atom. The van der Waals surface area contributed by atoms with Crippen LogP contribution < -0.4 is 10.6 Å². The van der Waals surface area contributed by atoms with Crippen LogP contribution in [-0.4, -0.2) is 24.4 Å². The molecule has 2 aromatic carbocycles. The average molecular weight is 338 g/mol. The predicted octanol–water partition coefficient (Wildman–Crippen LogP) is 3.63. The Morgan fingerprint density at radius 2 is 1.32 bits per heavy atom. The zero-order valence-corrected chi connectivity index (χ0v) is 15.1. The molecular formula is C21H26N2O2. The van der Waals surface area contributed by atoms with Gasteiger partial charge in [0.05, 0.1) is 0 Å². The van der Waals surface area contributed by atoms with Crippen LogP contribution in [0.15, 0.2) is 48.5 Å². The van der Waals surface area contributed by atoms with Gasteiger partial charge in [-0.1, -0.05) is 42.3 Å². The minimum Gasteiger partial charge on any atom is -0.352 e. The molecule has 2 amide bonds. The van der Waals surface area contributed by atoms with E-state index in [9.17, 15) is 9.59 Å². The third-order valence-corrected chi connectivity index (χ3v) is 4.23. The molecule has 0 spiro atoms. The summed E-state index contributed by atoms with van der Waals surface area (Å²) in [7, 11) is 0. The van der Waals surface area contributed by atoms with Gasteiger partial charge in [0, 0.05) is 23.7 Å². The Hall–Kier alpha value is -2.62. The van der Waals surface area contributed by atoms with Crippen molar-refractivity contribution in [2.45, 2.75) is 39.7 Å². The van der Waals surface area contributed by atoms with Gasteiger partial charge in [0.25, 0.3) is 11.8 Å². The van der Waals surface area contributed by atoms with Crippen LogP contribution in [0, 0.1) is 13.8 Å². The fraction of sp³-hybridized carbons (Fsp3) is 0.333. The first-order chi connectivity index (χ1) is 12.0. The molecule has 0 heterocycles. The maximum Gasteiger partial charge on any atom is 0.251 e. The van der Waals surface area contributed by atoms with E-state index in [0.717, 1.165) is 17.5 Å². The first-order valence-electron chi connectivity index (χ1n) is 8.72. The largest absolute Gasteiger partial charge is 0.352 e. The summed E-state index contributed by atoms with van der Waals surface area (Å²) in [6.45, 7) is 6.54. The van der Waals surface area contributed by atoms with Gasteiger partial charge in [-0.15, -0.1) is 0 Å². The maximum absolute atomic E-state index is 12.3. The van der Waals surface area contributed by atoms with Crippen LogP contribution >= 0.6 is 0 Å². The summed E-state index contributed by atoms with van der Waals surface area (Å²) in [5.41, 5.74) is 3.57. The molecular weight excluding hydrogens is 312 g/mol. The molecule has 0 aromatic heterocycles. The lowest BCUT2D eigenvalue weighted by Crippen LogP contribution is -2.37. The van der Waals surface area contributed by atoms with Crippen molar-refractivity contribution in [3.8, 4) is 0 Å². The van der Waals surface area contributed by atoms with E-state index in [4.69, 9.17) is 0 Å². The summed E-state index contributed by atoms with van der Waals surface area (Å²) < 4.78 is 0. The van der Waals surface area contributed by atoms with E-state index in [1.54, 1.807) is 0 Å². The lowest BCUT2D eigenvalue weighted by Gasteiger charge is -2.17. The third-order valence-electron chi connectivity index (χ3n) is 4.23. The molecule has 0 aliphatic carbocycles. The van der Waals surface area contributed by atoms with Crippen LogP contribution in [0.5, 0.6) is 0 Å². The van der Waals surface area contributed by atoms with Gasteiger partial charge in [0.15, 0.2) is 0 Å². The van der Waals surface area contributed by atoms with Gasteiger partial charge in [-0.3, -0.25) is 9.59 Å². The molecule has 4 nitrogen and oxygen atoms in total. The Bertz CT molecular complexity index is 706. The molecule has 2 N–H and O–H groups in total. The monoisotopic (exact) mass is 338 g/mol. The Labute approximate surface area is 149 Å². The summed E-state index contributed by atoms with van der Waals surface area (Å²) in [6, 6.07) is 15.0. The Balaban J connectivity index is 1.81. The molecule has 1 unspecified atom stereocenters. The fourth-order valence-corrected chi connectivity index (χ4v) is 2.52. The molecule has 0 fully saturated rings. The van der Waals surface area contributed by atoms with Crippen molar-refractivity contribution >= 4 is 11.8 Å². The van der Waals surface area contributed by atoms with Crippen molar-refractivity contribution in [3.05, 3.63) is 70.8 Å². The van der Waals surface area contributed by atoms with Gasteiger partial charge in [-0.05, 0) is 51.0 Å². The standard InChI is InChI=1S/C21H26N2O2/c1-4-19(23-21(25)18-11-7-16(3)8-12-18)13-14-22-20(24)17-9-5-15(2)6-10-17/h5-12,19H,4,13-14H2,1-3H3,(H,22,24)(H,23,25). The highest BCUT2D eigenvalue weighted by molar-refractivity contribution is 5.95. The third kappa shape index (κ3) is 5.75. The lowest BCUT2D eigenvalue weighted by molar-refractivity contribution is 0.0932. The number of benzene rings is 2. The molecule has 4 heteroatoms. The van der Waals surface area contributed by atoms with Crippen molar-refractivity contribution in [1.82, 2.24) is 10.6 Å². The zero-order valence-electron chi connectivity index (χ0n) is 15.1. The van der Waals surface area contributed by atoms with Crippen LogP contribution in [-0.2, 0) is 0 Å². The van der Waals surface area contributed by atoms with E-state index in [0.29, 0.717) is 24.1 Å². The number of carbonyl (C=O) groups excluding carboxylic acids is 2. The van der Waals surface area contributed by atoms with Gasteiger partial charge < -0.3 is 10.6 Å². The van der Waals surface area contributed by atoms with Crippen molar-refractivity contribution in [2.24, 2.45) is 0 Å². The highest BCUT2D eigenvalue weighted by Gasteiger charge is 2.13. The van der Waals surface area contributed by atoms with Crippen molar-refractivity contribution < 1.29 is 9.59 Å². The molecule has 132 valence electrons. The maximum atomic E-state index is 12.3. The molecule has 0 saturated carbocycles. The SMILES string of the molecule is CCC(CCNC(=O)c1ccc(C)cc1)NC(=O)c1ccc(C)cc1. The van der Waals surface area contributed by atoms with Crippen LogP contribution in [0.25, 0.3) is 0 Å². The summed E-state index contributed by atoms with van der Waals surface area (Å²) in [4.78, 5) is 24.4. The molecule has 0 bridgehead atoms. The van der Waals surface area contributed by atoms with Crippen molar-refractivity contribution in [3.63, 3.8) is 0 Å². The van der Waals surface area contributed by atoms with Gasteiger partial charge in [-0.2, -0.15) is 0 Å². The summed E-state index contributed by atoms with van der Waals surface area (Å²) >= 11 is 0. The minimum atomic E-state index is -0.0836. The molecule has 2 rings (SSSR count). The van der Waals surface area contributed by atoms with Gasteiger partial charge in [-0.25, -0.2) is 0 Å². The minimum absolute atomic E-state index is 0.0344. The number of aryl methyl sites for hydroxylation is 2. The van der Waals surface area contributed by atoms with E-state index < -0.39 is 0 Å². The Morgan fingerprint density at radius 1 is 0.840 bits per heavy atom. The number of hydrogen-bond donors (Lipinski definition) is 2. The predicted molar refractivity (Wildman–Crippen MR) is 101 cm³/mol. The molecule has 25 heavy (non-hydrogen) atoms. The molecule has 0 radical (unpaired) electrons. The number of hydrogen-bond acceptors (Lipinski definition) is 2. The molecule has 2 aromatic rings. The van der Waals surface area contributed by atoms with E-state index in [-0.39, 0.29) is 17.9 Å². The van der Waals surface area contributed by atoms with Crippen LogP contribution in [0.4, 0.5) is 0 Å². The van der Waals surface area contributed by atoms with Crippen molar-refractivity contribution in [2.75, 3.05) is 6.54 Å². The van der Waals surface area contributed by atoms with Gasteiger partial charge >= 0.3 is 0 Å². The summed E-state index contributed by atoms with van der Waals surface area (Å²) in [6.07, 6.45) is 1.52. The van der Waals surface area contributed by atoms with E-state index >= 15 is 0 Å². The lowest BCUT2D eigenvalue weighted by atomic mass is 10.1. The molecule has 0 saturated heterocycles. The second-order valence-corrected chi connectivity index (χ2v) is 6.36. The zero-order chi connectivity index (χ0) is 18.2. The molecule has 1 atom stereocenters. The highest BCUT2D eigenvalue weighted by Crippen LogP contribution is 2.06. The topological polar surface area (TPSA) is 58.2 Å². The quantitative estimate of drug-likeness (QED) is 0.810. The number of rotatable bonds is 7. The highest BCUT2D eigenvalue weighted by atomic mass is 16.2. The second-order valence-electron chi connectivity index (χ2n) is 6.36. The van der Waals surface area contributed by atoms with Crippen LogP contribution in [0.1, 0.15) is 51.6 Å². The fourth-order valence-electron chi connectivity index (χ4n) is 2.52. The van der Waals surface area contributed by atoms with Crippen molar-refractivity contribution in [1.29, 1.82) is 0 Å². The van der Waals surface area contributed by atoms with Gasteiger partial charge in [0.1, 0.15) is 0 Å². The first-order valence-corrected chi connectivity index (χ1v) is 8.72. The number of nitrogens with one attached hydrogen (secondary N) is 2. The first kappa shape index (κ1) is 18.7. The number of amides is 2. The Kier molecular flexibility index (Phi) is 6.75. The average Bonchev–Trinajstić information content (AvgIpc) is 2.61. The second kappa shape index (κ2) is 9.02. The molecule has 0 aliphatic heterocycles. The summed E-state index contributed by atoms with van der Waals surface area (Å²) in [5.74, 6) is -0.156. The normalized spacial score (nSPS) is 11.6. The smallest absolute Gasteiger partial charge is 0.251 e. The number of carbonyl (C=O) groups is 2.